The number of ether oxygens (including phenoxy) is 1. The molecule has 0 saturated carbocycles. The number of aliphatic hydroxyl groups excluding tert-OH is 1. The summed E-state index contributed by atoms with van der Waals surface area (Å²) in [5, 5.41) is 9.15. The van der Waals surface area contributed by atoms with Crippen LogP contribution < -0.4 is 0 Å². The third-order valence-corrected chi connectivity index (χ3v) is 2.97. The van der Waals surface area contributed by atoms with Crippen LogP contribution in [0.15, 0.2) is 0 Å². The first-order valence-electron chi connectivity index (χ1n) is 4.00. The summed E-state index contributed by atoms with van der Waals surface area (Å²) in [4.78, 5) is 0. The molecule has 0 spiro atoms. The first kappa shape index (κ1) is 9.36. The number of hydrogen-bond donors (Lipinski definition) is 1. The molecular weight excluding hydrogens is 160 g/mol. The van der Waals surface area contributed by atoms with Crippen LogP contribution in [0, 0.1) is 5.41 Å². The highest BCUT2D eigenvalue weighted by Gasteiger charge is 2.33. The number of thioether (sulfide) groups is 1. The fraction of sp³-hybridized carbons (Fsp3) is 1.00. The average Bonchev–Trinajstić information content (AvgIpc) is 2.50. The average molecular weight is 176 g/mol. The number of rotatable bonds is 4. The van der Waals surface area contributed by atoms with Crippen molar-refractivity contribution in [2.24, 2.45) is 5.41 Å². The quantitative estimate of drug-likeness (QED) is 0.696. The lowest BCUT2D eigenvalue weighted by atomic mass is 9.86. The van der Waals surface area contributed by atoms with Crippen molar-refractivity contribution in [2.45, 2.75) is 12.8 Å². The topological polar surface area (TPSA) is 29.5 Å². The molecule has 1 fully saturated rings. The first-order valence-corrected chi connectivity index (χ1v) is 5.40. The molecule has 1 rings (SSSR count). The van der Waals surface area contributed by atoms with Gasteiger partial charge in [0.2, 0.25) is 0 Å². The van der Waals surface area contributed by atoms with Crippen molar-refractivity contribution in [2.75, 3.05) is 31.8 Å². The Labute approximate surface area is 72.3 Å². The van der Waals surface area contributed by atoms with Crippen molar-refractivity contribution in [1.82, 2.24) is 0 Å². The van der Waals surface area contributed by atoms with E-state index in [0.29, 0.717) is 0 Å². The highest BCUT2D eigenvalue weighted by atomic mass is 32.2. The monoisotopic (exact) mass is 176 g/mol. The van der Waals surface area contributed by atoms with Crippen LogP contribution in [0.1, 0.15) is 12.8 Å². The van der Waals surface area contributed by atoms with Crippen molar-refractivity contribution in [3.63, 3.8) is 0 Å². The Morgan fingerprint density at radius 2 is 2.45 bits per heavy atom. The SMILES string of the molecule is CSCCC1(CO)CCOC1. The summed E-state index contributed by atoms with van der Waals surface area (Å²) >= 11 is 1.84. The second-order valence-corrected chi connectivity index (χ2v) is 4.19. The molecule has 1 atom stereocenters. The summed E-state index contributed by atoms with van der Waals surface area (Å²) in [6.45, 7) is 1.87. The molecular formula is C8H16O2S. The van der Waals surface area contributed by atoms with Crippen LogP contribution in [-0.2, 0) is 4.74 Å². The van der Waals surface area contributed by atoms with Crippen molar-refractivity contribution in [3.8, 4) is 0 Å². The van der Waals surface area contributed by atoms with E-state index in [1.165, 1.54) is 0 Å². The molecule has 1 heterocycles. The van der Waals surface area contributed by atoms with Crippen molar-refractivity contribution in [1.29, 1.82) is 0 Å². The van der Waals surface area contributed by atoms with Crippen LogP contribution in [0.4, 0.5) is 0 Å². The minimum atomic E-state index is 0.100. The second-order valence-electron chi connectivity index (χ2n) is 3.20. The normalized spacial score (nSPS) is 31.1. The van der Waals surface area contributed by atoms with Gasteiger partial charge in [0.05, 0.1) is 13.2 Å². The van der Waals surface area contributed by atoms with Crippen molar-refractivity contribution >= 4 is 11.8 Å². The van der Waals surface area contributed by atoms with Crippen LogP contribution in [0.5, 0.6) is 0 Å². The summed E-state index contributed by atoms with van der Waals surface area (Å²) in [7, 11) is 0. The van der Waals surface area contributed by atoms with E-state index in [1.54, 1.807) is 0 Å². The van der Waals surface area contributed by atoms with Gasteiger partial charge in [-0.25, -0.2) is 0 Å². The highest BCUT2D eigenvalue weighted by molar-refractivity contribution is 7.98. The van der Waals surface area contributed by atoms with E-state index < -0.39 is 0 Å². The van der Waals surface area contributed by atoms with Gasteiger partial charge in [-0.3, -0.25) is 0 Å². The van der Waals surface area contributed by atoms with E-state index in [4.69, 9.17) is 9.84 Å². The molecule has 0 aliphatic carbocycles. The molecule has 1 aliphatic rings. The summed E-state index contributed by atoms with van der Waals surface area (Å²) in [5.74, 6) is 1.13. The van der Waals surface area contributed by atoms with Gasteiger partial charge in [0.1, 0.15) is 0 Å². The molecule has 3 heteroatoms. The molecule has 0 aromatic carbocycles. The molecule has 1 aliphatic heterocycles. The predicted molar refractivity (Wildman–Crippen MR) is 48.0 cm³/mol. The van der Waals surface area contributed by atoms with Crippen LogP contribution in [0.2, 0.25) is 0 Å². The Morgan fingerprint density at radius 1 is 1.64 bits per heavy atom. The third kappa shape index (κ3) is 2.36. The van der Waals surface area contributed by atoms with Gasteiger partial charge >= 0.3 is 0 Å². The summed E-state index contributed by atoms with van der Waals surface area (Å²) in [5.41, 5.74) is 0.100. The lowest BCUT2D eigenvalue weighted by molar-refractivity contribution is 0.0913. The smallest absolute Gasteiger partial charge is 0.0545 e. The van der Waals surface area contributed by atoms with Gasteiger partial charge in [-0.15, -0.1) is 0 Å². The van der Waals surface area contributed by atoms with Gasteiger partial charge in [0.25, 0.3) is 0 Å². The Hall–Kier alpha value is 0.270. The fourth-order valence-corrected chi connectivity index (χ4v) is 2.01. The van der Waals surface area contributed by atoms with Crippen LogP contribution >= 0.6 is 11.8 Å². The lowest BCUT2D eigenvalue weighted by Crippen LogP contribution is -2.26. The van der Waals surface area contributed by atoms with E-state index in [-0.39, 0.29) is 12.0 Å². The molecule has 1 unspecified atom stereocenters. The Balaban J connectivity index is 2.33. The maximum atomic E-state index is 9.15. The maximum absolute atomic E-state index is 9.15. The largest absolute Gasteiger partial charge is 0.396 e. The van der Waals surface area contributed by atoms with Crippen molar-refractivity contribution < 1.29 is 9.84 Å². The van der Waals surface area contributed by atoms with E-state index in [9.17, 15) is 0 Å². The van der Waals surface area contributed by atoms with Gasteiger partial charge in [0, 0.05) is 12.0 Å². The van der Waals surface area contributed by atoms with Crippen LogP contribution in [0.3, 0.4) is 0 Å². The number of hydrogen-bond acceptors (Lipinski definition) is 3. The Morgan fingerprint density at radius 3 is 2.91 bits per heavy atom. The van der Waals surface area contributed by atoms with Gasteiger partial charge in [0.15, 0.2) is 0 Å². The van der Waals surface area contributed by atoms with Gasteiger partial charge in [-0.05, 0) is 24.9 Å². The zero-order valence-electron chi connectivity index (χ0n) is 7.01. The zero-order chi connectivity index (χ0) is 8.16. The molecule has 66 valence electrons. The van der Waals surface area contributed by atoms with Gasteiger partial charge in [-0.2, -0.15) is 11.8 Å². The molecule has 0 aromatic rings. The van der Waals surface area contributed by atoms with Gasteiger partial charge in [-0.1, -0.05) is 0 Å². The molecule has 0 amide bonds. The van der Waals surface area contributed by atoms with E-state index in [0.717, 1.165) is 31.8 Å². The summed E-state index contributed by atoms with van der Waals surface area (Å²) in [6, 6.07) is 0. The fourth-order valence-electron chi connectivity index (χ4n) is 1.37. The molecule has 0 radical (unpaired) electrons. The summed E-state index contributed by atoms with van der Waals surface area (Å²) in [6.07, 6.45) is 4.22. The zero-order valence-corrected chi connectivity index (χ0v) is 7.82. The second kappa shape index (κ2) is 4.33. The summed E-state index contributed by atoms with van der Waals surface area (Å²) < 4.78 is 5.28. The highest BCUT2D eigenvalue weighted by Crippen LogP contribution is 2.32. The van der Waals surface area contributed by atoms with E-state index >= 15 is 0 Å². The third-order valence-electron chi connectivity index (χ3n) is 2.36. The van der Waals surface area contributed by atoms with E-state index in [2.05, 4.69) is 6.26 Å². The molecule has 1 N–H and O–H groups in total. The van der Waals surface area contributed by atoms with Gasteiger partial charge < -0.3 is 9.84 Å². The number of aliphatic hydroxyl groups is 1. The minimum Gasteiger partial charge on any atom is -0.396 e. The Bertz CT molecular complexity index is 111. The lowest BCUT2D eigenvalue weighted by Gasteiger charge is -2.23. The first-order chi connectivity index (χ1) is 5.33. The minimum absolute atomic E-state index is 0.100. The molecule has 0 bridgehead atoms. The standard InChI is InChI=1S/C8H16O2S/c1-11-5-3-8(6-9)2-4-10-7-8/h9H,2-7H2,1H3. The molecule has 2 nitrogen and oxygen atoms in total. The maximum Gasteiger partial charge on any atom is 0.0545 e. The van der Waals surface area contributed by atoms with Crippen LogP contribution in [0.25, 0.3) is 0 Å². The van der Waals surface area contributed by atoms with Crippen LogP contribution in [-0.4, -0.2) is 36.9 Å². The van der Waals surface area contributed by atoms with Crippen molar-refractivity contribution in [3.05, 3.63) is 0 Å². The van der Waals surface area contributed by atoms with E-state index in [1.807, 2.05) is 11.8 Å². The molecule has 0 aromatic heterocycles. The molecule has 11 heavy (non-hydrogen) atoms. The molecule has 1 saturated heterocycles. The Kier molecular flexibility index (Phi) is 3.69. The predicted octanol–water partition coefficient (Wildman–Crippen LogP) is 1.14.